The molecule has 4 aromatic rings. The summed E-state index contributed by atoms with van der Waals surface area (Å²) in [6, 6.07) is 24.5. The summed E-state index contributed by atoms with van der Waals surface area (Å²) < 4.78 is 0. The Kier molecular flexibility index (Phi) is 7.70. The van der Waals surface area contributed by atoms with Gasteiger partial charge >= 0.3 is 0 Å². The topological polar surface area (TPSA) is 54.9 Å². The first-order valence-electron chi connectivity index (χ1n) is 13.4. The largest absolute Gasteiger partial charge is 0.349 e. The van der Waals surface area contributed by atoms with Crippen LogP contribution in [0.15, 0.2) is 79.0 Å². The molecule has 1 aliphatic carbocycles. The molecule has 1 saturated carbocycles. The summed E-state index contributed by atoms with van der Waals surface area (Å²) in [7, 11) is 0. The molecule has 0 spiro atoms. The second-order valence-electron chi connectivity index (χ2n) is 10.0. The predicted molar refractivity (Wildman–Crippen MR) is 147 cm³/mol. The highest BCUT2D eigenvalue weighted by molar-refractivity contribution is 6.09. The Labute approximate surface area is 214 Å². The van der Waals surface area contributed by atoms with Gasteiger partial charge in [0.2, 0.25) is 0 Å². The molecule has 5 rings (SSSR count). The van der Waals surface area contributed by atoms with E-state index in [1.54, 1.807) is 0 Å². The van der Waals surface area contributed by atoms with Gasteiger partial charge in [-0.25, -0.2) is 4.98 Å². The van der Waals surface area contributed by atoms with Crippen molar-refractivity contribution in [3.05, 3.63) is 95.8 Å². The lowest BCUT2D eigenvalue weighted by Gasteiger charge is -2.29. The number of pyridine rings is 2. The number of rotatable bonds is 8. The number of nitrogens with zero attached hydrogens (tertiary/aromatic N) is 2. The van der Waals surface area contributed by atoms with Crippen LogP contribution in [0.3, 0.4) is 0 Å². The van der Waals surface area contributed by atoms with Crippen molar-refractivity contribution in [1.82, 2.24) is 15.3 Å². The van der Waals surface area contributed by atoms with Gasteiger partial charge in [0.15, 0.2) is 0 Å². The fourth-order valence-electron chi connectivity index (χ4n) is 5.61. The van der Waals surface area contributed by atoms with Gasteiger partial charge < -0.3 is 5.32 Å². The van der Waals surface area contributed by atoms with Gasteiger partial charge in [-0.1, -0.05) is 73.9 Å². The molecule has 0 aliphatic heterocycles. The van der Waals surface area contributed by atoms with Crippen LogP contribution in [0.2, 0.25) is 0 Å². The molecule has 2 heterocycles. The number of aryl methyl sites for hydroxylation is 1. The molecule has 36 heavy (non-hydrogen) atoms. The van der Waals surface area contributed by atoms with Crippen molar-refractivity contribution in [3.63, 3.8) is 0 Å². The highest BCUT2D eigenvalue weighted by Crippen LogP contribution is 2.32. The van der Waals surface area contributed by atoms with Crippen molar-refractivity contribution in [1.29, 1.82) is 0 Å². The molecule has 184 valence electrons. The highest BCUT2D eigenvalue weighted by Gasteiger charge is 2.26. The molecule has 1 unspecified atom stereocenters. The van der Waals surface area contributed by atoms with E-state index in [2.05, 4.69) is 35.4 Å². The maximum Gasteiger partial charge on any atom is 0.252 e. The molecule has 1 amide bonds. The fourth-order valence-corrected chi connectivity index (χ4v) is 5.61. The number of carbonyl (C=O) groups is 1. The smallest absolute Gasteiger partial charge is 0.252 e. The van der Waals surface area contributed by atoms with Crippen molar-refractivity contribution in [3.8, 4) is 11.3 Å². The van der Waals surface area contributed by atoms with E-state index in [-0.39, 0.29) is 11.9 Å². The number of hydrogen-bond acceptors (Lipinski definition) is 3. The first-order valence-corrected chi connectivity index (χ1v) is 13.4. The van der Waals surface area contributed by atoms with Crippen LogP contribution in [0, 0.1) is 5.92 Å². The lowest BCUT2D eigenvalue weighted by Crippen LogP contribution is -2.39. The minimum absolute atomic E-state index is 0.0247. The Bertz CT molecular complexity index is 1300. The molecule has 0 bridgehead atoms. The summed E-state index contributed by atoms with van der Waals surface area (Å²) in [5, 5.41) is 4.34. The van der Waals surface area contributed by atoms with Gasteiger partial charge in [0.05, 0.1) is 16.8 Å². The summed E-state index contributed by atoms with van der Waals surface area (Å²) in [4.78, 5) is 23.6. The van der Waals surface area contributed by atoms with Gasteiger partial charge in [0.25, 0.3) is 5.91 Å². The SMILES string of the molecule is CC(NC(=O)c1c(CCCc2ccccn2)c(-c2ccccc2)nc2ccccc12)C1CCCCC1. The molecule has 1 fully saturated rings. The van der Waals surface area contributed by atoms with Crippen LogP contribution in [-0.4, -0.2) is 21.9 Å². The van der Waals surface area contributed by atoms with E-state index < -0.39 is 0 Å². The minimum atomic E-state index is 0.0247. The zero-order valence-electron chi connectivity index (χ0n) is 21.1. The molecule has 2 aromatic carbocycles. The van der Waals surface area contributed by atoms with Gasteiger partial charge in [0.1, 0.15) is 0 Å². The number of fused-ring (bicyclic) bond motifs is 1. The van der Waals surface area contributed by atoms with Crippen LogP contribution in [-0.2, 0) is 12.8 Å². The summed E-state index contributed by atoms with van der Waals surface area (Å²) in [5.74, 6) is 0.577. The van der Waals surface area contributed by atoms with Crippen molar-refractivity contribution in [2.45, 2.75) is 64.3 Å². The van der Waals surface area contributed by atoms with E-state index >= 15 is 0 Å². The summed E-state index contributed by atoms with van der Waals surface area (Å²) >= 11 is 0. The lowest BCUT2D eigenvalue weighted by molar-refractivity contribution is 0.0920. The van der Waals surface area contributed by atoms with Crippen LogP contribution >= 0.6 is 0 Å². The quantitative estimate of drug-likeness (QED) is 0.293. The Morgan fingerprint density at radius 3 is 2.44 bits per heavy atom. The molecule has 4 heteroatoms. The van der Waals surface area contributed by atoms with Crippen molar-refractivity contribution < 1.29 is 4.79 Å². The third-order valence-corrected chi connectivity index (χ3v) is 7.57. The second-order valence-corrected chi connectivity index (χ2v) is 10.0. The van der Waals surface area contributed by atoms with Crippen LogP contribution in [0.5, 0.6) is 0 Å². The van der Waals surface area contributed by atoms with E-state index in [0.717, 1.165) is 58.2 Å². The van der Waals surface area contributed by atoms with E-state index in [1.807, 2.05) is 60.8 Å². The number of amides is 1. The Morgan fingerprint density at radius 2 is 1.67 bits per heavy atom. The van der Waals surface area contributed by atoms with Gasteiger partial charge in [-0.15, -0.1) is 0 Å². The first-order chi connectivity index (χ1) is 17.7. The van der Waals surface area contributed by atoms with E-state index in [1.165, 1.54) is 32.1 Å². The number of benzene rings is 2. The maximum absolute atomic E-state index is 14.0. The molecule has 1 atom stereocenters. The zero-order chi connectivity index (χ0) is 24.7. The molecule has 1 N–H and O–H groups in total. The zero-order valence-corrected chi connectivity index (χ0v) is 21.1. The predicted octanol–water partition coefficient (Wildman–Crippen LogP) is 7.17. The van der Waals surface area contributed by atoms with Gasteiger partial charge in [-0.3, -0.25) is 9.78 Å². The van der Waals surface area contributed by atoms with Crippen molar-refractivity contribution in [2.75, 3.05) is 0 Å². The van der Waals surface area contributed by atoms with Gasteiger partial charge in [0, 0.05) is 28.9 Å². The molecular formula is C32H35N3O. The summed E-state index contributed by atoms with van der Waals surface area (Å²) in [6.45, 7) is 2.18. The normalized spacial score (nSPS) is 15.0. The van der Waals surface area contributed by atoms with E-state index in [0.29, 0.717) is 5.92 Å². The Morgan fingerprint density at radius 1 is 0.917 bits per heavy atom. The number of para-hydroxylation sites is 1. The van der Waals surface area contributed by atoms with Crippen LogP contribution < -0.4 is 5.32 Å². The van der Waals surface area contributed by atoms with Crippen molar-refractivity contribution in [2.24, 2.45) is 5.92 Å². The summed E-state index contributed by atoms with van der Waals surface area (Å²) in [6.07, 6.45) is 10.6. The number of hydrogen-bond donors (Lipinski definition) is 1. The van der Waals surface area contributed by atoms with E-state index in [9.17, 15) is 4.79 Å². The molecule has 4 nitrogen and oxygen atoms in total. The van der Waals surface area contributed by atoms with Gasteiger partial charge in [-0.05, 0) is 68.7 Å². The fraction of sp³-hybridized carbons (Fsp3) is 0.344. The highest BCUT2D eigenvalue weighted by atomic mass is 16.1. The van der Waals surface area contributed by atoms with Crippen molar-refractivity contribution >= 4 is 16.8 Å². The molecule has 2 aromatic heterocycles. The van der Waals surface area contributed by atoms with Crippen LogP contribution in [0.1, 0.15) is 67.1 Å². The van der Waals surface area contributed by atoms with E-state index in [4.69, 9.17) is 4.98 Å². The number of nitrogens with one attached hydrogen (secondary N) is 1. The average Bonchev–Trinajstić information content (AvgIpc) is 2.94. The van der Waals surface area contributed by atoms with Crippen LogP contribution in [0.4, 0.5) is 0 Å². The molecule has 0 radical (unpaired) electrons. The standard InChI is InChI=1S/C32H35N3O/c1-23(24-13-4-2-5-14-24)34-32(36)30-27-19-8-9-21-29(27)35-31(25-15-6-3-7-16-25)28(30)20-12-18-26-17-10-11-22-33-26/h3,6-11,15-17,19,21-24H,2,4-5,12-14,18,20H2,1H3,(H,34,36). The first kappa shape index (κ1) is 24.2. The average molecular weight is 478 g/mol. The second kappa shape index (κ2) is 11.5. The summed E-state index contributed by atoms with van der Waals surface area (Å²) in [5.41, 5.74) is 5.70. The number of aromatic nitrogens is 2. The minimum Gasteiger partial charge on any atom is -0.349 e. The third kappa shape index (κ3) is 5.48. The molecule has 0 saturated heterocycles. The lowest BCUT2D eigenvalue weighted by atomic mass is 9.84. The maximum atomic E-state index is 14.0. The van der Waals surface area contributed by atoms with Crippen LogP contribution in [0.25, 0.3) is 22.2 Å². The third-order valence-electron chi connectivity index (χ3n) is 7.57. The Hall–Kier alpha value is -3.53. The number of carbonyl (C=O) groups excluding carboxylic acids is 1. The molecule has 1 aliphatic rings. The molecular weight excluding hydrogens is 442 g/mol. The van der Waals surface area contributed by atoms with Gasteiger partial charge in [-0.2, -0.15) is 0 Å². The Balaban J connectivity index is 1.54. The monoisotopic (exact) mass is 477 g/mol.